The van der Waals surface area contributed by atoms with E-state index in [1.165, 1.54) is 0 Å². The summed E-state index contributed by atoms with van der Waals surface area (Å²) in [4.78, 5) is 11.3. The van der Waals surface area contributed by atoms with Gasteiger partial charge in [0.15, 0.2) is 5.65 Å². The first-order valence-corrected chi connectivity index (χ1v) is 6.35. The fourth-order valence-corrected chi connectivity index (χ4v) is 2.12. The molecule has 3 aromatic rings. The van der Waals surface area contributed by atoms with Gasteiger partial charge in [-0.2, -0.15) is 0 Å². The molecule has 1 atom stereocenters. The molecule has 0 amide bonds. The van der Waals surface area contributed by atoms with E-state index in [4.69, 9.17) is 23.2 Å². The molecule has 2 N–H and O–H groups in total. The molecule has 0 bridgehead atoms. The van der Waals surface area contributed by atoms with Crippen molar-refractivity contribution < 1.29 is 5.11 Å². The smallest absolute Gasteiger partial charge is 0.179 e. The van der Waals surface area contributed by atoms with Crippen molar-refractivity contribution in [1.29, 1.82) is 0 Å². The van der Waals surface area contributed by atoms with Crippen molar-refractivity contribution in [1.82, 2.24) is 15.0 Å². The summed E-state index contributed by atoms with van der Waals surface area (Å²) in [6.45, 7) is 0. The van der Waals surface area contributed by atoms with Gasteiger partial charge in [0.25, 0.3) is 0 Å². The maximum absolute atomic E-state index is 10.2. The average molecular weight is 294 g/mol. The minimum Gasteiger partial charge on any atom is -0.380 e. The number of hydrogen-bond donors (Lipinski definition) is 2. The first kappa shape index (κ1) is 12.4. The second kappa shape index (κ2) is 4.81. The van der Waals surface area contributed by atoms with Crippen LogP contribution in [0.2, 0.25) is 10.2 Å². The number of aliphatic hydroxyl groups is 1. The summed E-state index contributed by atoms with van der Waals surface area (Å²) in [7, 11) is 0. The van der Waals surface area contributed by atoms with Crippen LogP contribution in [-0.2, 0) is 0 Å². The molecule has 3 rings (SSSR count). The number of imidazole rings is 1. The van der Waals surface area contributed by atoms with Gasteiger partial charge in [0.05, 0.1) is 10.5 Å². The van der Waals surface area contributed by atoms with Crippen LogP contribution in [0.25, 0.3) is 11.2 Å². The number of aromatic amines is 1. The van der Waals surface area contributed by atoms with E-state index in [0.717, 1.165) is 5.56 Å². The molecule has 1 unspecified atom stereocenters. The zero-order valence-corrected chi connectivity index (χ0v) is 11.2. The van der Waals surface area contributed by atoms with Crippen LogP contribution in [0.4, 0.5) is 0 Å². The standard InChI is InChI=1S/C13H9Cl2N3O/c14-8-6-9-12(17-11(8)15)18-13(16-9)10(19)7-4-2-1-3-5-7/h1-6,10,19H,(H,16,17,18). The van der Waals surface area contributed by atoms with Crippen molar-refractivity contribution in [3.8, 4) is 0 Å². The molecule has 2 heterocycles. The average Bonchev–Trinajstić information content (AvgIpc) is 2.82. The first-order chi connectivity index (χ1) is 9.15. The Hall–Kier alpha value is -1.62. The van der Waals surface area contributed by atoms with Crippen LogP contribution in [0.1, 0.15) is 17.5 Å². The molecule has 6 heteroatoms. The van der Waals surface area contributed by atoms with Crippen LogP contribution >= 0.6 is 23.2 Å². The van der Waals surface area contributed by atoms with Crippen LogP contribution in [0.15, 0.2) is 36.4 Å². The predicted molar refractivity (Wildman–Crippen MR) is 74.4 cm³/mol. The summed E-state index contributed by atoms with van der Waals surface area (Å²) in [5.41, 5.74) is 1.82. The molecule has 0 fully saturated rings. The normalized spacial score (nSPS) is 12.8. The number of nitrogens with zero attached hydrogens (tertiary/aromatic N) is 2. The molecule has 0 aliphatic carbocycles. The van der Waals surface area contributed by atoms with Crippen LogP contribution in [0.3, 0.4) is 0 Å². The molecule has 96 valence electrons. The van der Waals surface area contributed by atoms with Crippen LogP contribution < -0.4 is 0 Å². The first-order valence-electron chi connectivity index (χ1n) is 5.60. The van der Waals surface area contributed by atoms with Gasteiger partial charge >= 0.3 is 0 Å². The Morgan fingerprint density at radius 1 is 1.11 bits per heavy atom. The largest absolute Gasteiger partial charge is 0.380 e. The summed E-state index contributed by atoms with van der Waals surface area (Å²) in [6.07, 6.45) is -0.840. The number of H-pyrrole nitrogens is 1. The van der Waals surface area contributed by atoms with Gasteiger partial charge < -0.3 is 10.1 Å². The van der Waals surface area contributed by atoms with Crippen molar-refractivity contribution in [2.45, 2.75) is 6.10 Å². The third kappa shape index (κ3) is 2.30. The van der Waals surface area contributed by atoms with E-state index in [1.54, 1.807) is 6.07 Å². The van der Waals surface area contributed by atoms with Gasteiger partial charge in [0.2, 0.25) is 0 Å². The van der Waals surface area contributed by atoms with Crippen molar-refractivity contribution >= 4 is 34.4 Å². The summed E-state index contributed by atoms with van der Waals surface area (Å²) in [5, 5.41) is 10.8. The summed E-state index contributed by atoms with van der Waals surface area (Å²) in [5.74, 6) is 0.409. The number of aromatic nitrogens is 3. The number of nitrogens with one attached hydrogen (secondary N) is 1. The summed E-state index contributed by atoms with van der Waals surface area (Å²) >= 11 is 11.7. The summed E-state index contributed by atoms with van der Waals surface area (Å²) in [6, 6.07) is 10.9. The Bertz CT molecular complexity index is 688. The third-order valence-corrected chi connectivity index (χ3v) is 3.45. The fraction of sp³-hybridized carbons (Fsp3) is 0.0769. The minimum absolute atomic E-state index is 0.196. The molecule has 0 spiro atoms. The lowest BCUT2D eigenvalue weighted by molar-refractivity contribution is 0.211. The second-order valence-electron chi connectivity index (χ2n) is 4.07. The van der Waals surface area contributed by atoms with E-state index >= 15 is 0 Å². The predicted octanol–water partition coefficient (Wildman–Crippen LogP) is 3.35. The highest BCUT2D eigenvalue weighted by molar-refractivity contribution is 6.41. The molecule has 4 nitrogen and oxygen atoms in total. The number of rotatable bonds is 2. The Morgan fingerprint density at radius 3 is 2.58 bits per heavy atom. The molecule has 0 saturated carbocycles. The Morgan fingerprint density at radius 2 is 1.84 bits per heavy atom. The number of benzene rings is 1. The lowest BCUT2D eigenvalue weighted by Crippen LogP contribution is -2.01. The quantitative estimate of drug-likeness (QED) is 0.712. The SMILES string of the molecule is OC(c1ccccc1)c1nc2nc(Cl)c(Cl)cc2[nH]1. The van der Waals surface area contributed by atoms with E-state index in [1.807, 2.05) is 30.3 Å². The molecule has 2 aromatic heterocycles. The topological polar surface area (TPSA) is 61.8 Å². The van der Waals surface area contributed by atoms with E-state index < -0.39 is 6.10 Å². The number of pyridine rings is 1. The van der Waals surface area contributed by atoms with Gasteiger partial charge in [-0.25, -0.2) is 9.97 Å². The molecule has 0 aliphatic heterocycles. The Labute approximate surface area is 119 Å². The van der Waals surface area contributed by atoms with Gasteiger partial charge in [-0.1, -0.05) is 53.5 Å². The maximum Gasteiger partial charge on any atom is 0.179 e. The Kier molecular flexibility index (Phi) is 3.14. The lowest BCUT2D eigenvalue weighted by atomic mass is 10.1. The van der Waals surface area contributed by atoms with Crippen molar-refractivity contribution in [2.75, 3.05) is 0 Å². The summed E-state index contributed by atoms with van der Waals surface area (Å²) < 4.78 is 0. The van der Waals surface area contributed by atoms with Crippen LogP contribution in [-0.4, -0.2) is 20.1 Å². The number of aliphatic hydroxyl groups excluding tert-OH is 1. The van der Waals surface area contributed by atoms with Crippen molar-refractivity contribution in [3.05, 3.63) is 58.0 Å². The van der Waals surface area contributed by atoms with Crippen molar-refractivity contribution in [3.63, 3.8) is 0 Å². The zero-order valence-electron chi connectivity index (χ0n) is 9.64. The van der Waals surface area contributed by atoms with Crippen molar-refractivity contribution in [2.24, 2.45) is 0 Å². The molecular weight excluding hydrogens is 285 g/mol. The second-order valence-corrected chi connectivity index (χ2v) is 4.83. The zero-order chi connectivity index (χ0) is 13.4. The molecule has 0 saturated heterocycles. The van der Waals surface area contributed by atoms with Crippen LogP contribution in [0, 0.1) is 0 Å². The minimum atomic E-state index is -0.840. The Balaban J connectivity index is 2.06. The molecule has 1 aromatic carbocycles. The van der Waals surface area contributed by atoms with E-state index in [2.05, 4.69) is 15.0 Å². The third-order valence-electron chi connectivity index (χ3n) is 2.78. The molecule has 0 aliphatic rings. The number of hydrogen-bond acceptors (Lipinski definition) is 3. The monoisotopic (exact) mass is 293 g/mol. The van der Waals surface area contributed by atoms with Gasteiger partial charge in [0.1, 0.15) is 17.1 Å². The fourth-order valence-electron chi connectivity index (χ4n) is 1.84. The maximum atomic E-state index is 10.2. The molecular formula is C13H9Cl2N3O. The van der Waals surface area contributed by atoms with Gasteiger partial charge in [-0.3, -0.25) is 0 Å². The van der Waals surface area contributed by atoms with Crippen LogP contribution in [0.5, 0.6) is 0 Å². The molecule has 19 heavy (non-hydrogen) atoms. The van der Waals surface area contributed by atoms with E-state index in [0.29, 0.717) is 22.0 Å². The van der Waals surface area contributed by atoms with Gasteiger partial charge in [0, 0.05) is 0 Å². The highest BCUT2D eigenvalue weighted by atomic mass is 35.5. The highest BCUT2D eigenvalue weighted by Crippen LogP contribution is 2.26. The number of fused-ring (bicyclic) bond motifs is 1. The van der Waals surface area contributed by atoms with E-state index in [-0.39, 0.29) is 5.15 Å². The van der Waals surface area contributed by atoms with Gasteiger partial charge in [-0.05, 0) is 11.6 Å². The van der Waals surface area contributed by atoms with E-state index in [9.17, 15) is 5.11 Å². The highest BCUT2D eigenvalue weighted by Gasteiger charge is 2.16. The lowest BCUT2D eigenvalue weighted by Gasteiger charge is -2.06. The number of halogens is 2. The van der Waals surface area contributed by atoms with Gasteiger partial charge in [-0.15, -0.1) is 0 Å². The molecule has 0 radical (unpaired) electrons.